The largest absolute Gasteiger partial charge is 0.396 e. The standard InChI is InChI=1S/C11H11ClN2O/c12-9-3-1-2-8(6-9)10-7-13-11(14-10)4-5-15/h1-3,6-7,15H,4-5H2,(H,13,14). The summed E-state index contributed by atoms with van der Waals surface area (Å²) in [6, 6.07) is 7.56. The fourth-order valence-electron chi connectivity index (χ4n) is 1.40. The Balaban J connectivity index is 2.29. The number of benzene rings is 1. The molecule has 2 N–H and O–H groups in total. The van der Waals surface area contributed by atoms with Crippen LogP contribution in [0.2, 0.25) is 5.02 Å². The van der Waals surface area contributed by atoms with E-state index in [1.807, 2.05) is 24.3 Å². The van der Waals surface area contributed by atoms with Gasteiger partial charge in [-0.2, -0.15) is 0 Å². The van der Waals surface area contributed by atoms with Gasteiger partial charge in [-0.05, 0) is 12.1 Å². The Morgan fingerprint density at radius 2 is 2.27 bits per heavy atom. The van der Waals surface area contributed by atoms with Crippen molar-refractivity contribution in [2.75, 3.05) is 6.61 Å². The molecule has 0 aliphatic carbocycles. The molecule has 0 radical (unpaired) electrons. The van der Waals surface area contributed by atoms with E-state index in [4.69, 9.17) is 16.7 Å². The molecule has 0 fully saturated rings. The number of hydrogen-bond acceptors (Lipinski definition) is 2. The second-order valence-electron chi connectivity index (χ2n) is 3.23. The van der Waals surface area contributed by atoms with Crippen molar-refractivity contribution in [2.45, 2.75) is 6.42 Å². The zero-order valence-electron chi connectivity index (χ0n) is 8.07. The van der Waals surface area contributed by atoms with Crippen LogP contribution in [0, 0.1) is 0 Å². The Labute approximate surface area is 92.7 Å². The quantitative estimate of drug-likeness (QED) is 0.837. The van der Waals surface area contributed by atoms with E-state index in [2.05, 4.69) is 9.97 Å². The molecule has 0 atom stereocenters. The summed E-state index contributed by atoms with van der Waals surface area (Å²) in [5.74, 6) is 0.785. The van der Waals surface area contributed by atoms with E-state index in [0.29, 0.717) is 11.4 Å². The number of aliphatic hydroxyl groups excluding tert-OH is 1. The van der Waals surface area contributed by atoms with Crippen LogP contribution in [0.25, 0.3) is 11.3 Å². The average Bonchev–Trinajstić information content (AvgIpc) is 2.67. The summed E-state index contributed by atoms with van der Waals surface area (Å²) in [6.07, 6.45) is 2.29. The van der Waals surface area contributed by atoms with Gasteiger partial charge in [-0.1, -0.05) is 23.7 Å². The smallest absolute Gasteiger partial charge is 0.108 e. The maximum Gasteiger partial charge on any atom is 0.108 e. The molecule has 78 valence electrons. The first-order valence-electron chi connectivity index (χ1n) is 4.70. The number of H-pyrrole nitrogens is 1. The summed E-state index contributed by atoms with van der Waals surface area (Å²) in [4.78, 5) is 7.28. The van der Waals surface area contributed by atoms with E-state index in [9.17, 15) is 0 Å². The van der Waals surface area contributed by atoms with Crippen LogP contribution in [0.15, 0.2) is 30.5 Å². The number of nitrogens with zero attached hydrogens (tertiary/aromatic N) is 1. The van der Waals surface area contributed by atoms with E-state index < -0.39 is 0 Å². The lowest BCUT2D eigenvalue weighted by atomic mass is 10.2. The van der Waals surface area contributed by atoms with E-state index in [1.54, 1.807) is 6.20 Å². The summed E-state index contributed by atoms with van der Waals surface area (Å²) in [7, 11) is 0. The van der Waals surface area contributed by atoms with Gasteiger partial charge in [-0.25, -0.2) is 4.98 Å². The maximum atomic E-state index is 8.76. The van der Waals surface area contributed by atoms with Gasteiger partial charge in [0.2, 0.25) is 0 Å². The van der Waals surface area contributed by atoms with Gasteiger partial charge in [0.15, 0.2) is 0 Å². The Hall–Kier alpha value is -1.32. The van der Waals surface area contributed by atoms with Gasteiger partial charge in [0.1, 0.15) is 5.82 Å². The van der Waals surface area contributed by atoms with Crippen LogP contribution in [0.4, 0.5) is 0 Å². The van der Waals surface area contributed by atoms with Crippen molar-refractivity contribution in [1.29, 1.82) is 0 Å². The fourth-order valence-corrected chi connectivity index (χ4v) is 1.59. The molecule has 0 aliphatic rings. The zero-order valence-corrected chi connectivity index (χ0v) is 8.83. The van der Waals surface area contributed by atoms with Gasteiger partial charge in [-0.15, -0.1) is 0 Å². The van der Waals surface area contributed by atoms with Gasteiger partial charge < -0.3 is 10.1 Å². The molecule has 1 aromatic heterocycles. The lowest BCUT2D eigenvalue weighted by Gasteiger charge is -1.97. The number of nitrogens with one attached hydrogen (secondary N) is 1. The van der Waals surface area contributed by atoms with Crippen LogP contribution < -0.4 is 0 Å². The first-order chi connectivity index (χ1) is 7.29. The minimum Gasteiger partial charge on any atom is -0.396 e. The summed E-state index contributed by atoms with van der Waals surface area (Å²) >= 11 is 5.89. The molecule has 4 heteroatoms. The predicted octanol–water partition coefficient (Wildman–Crippen LogP) is 2.26. The van der Waals surface area contributed by atoms with Crippen molar-refractivity contribution in [3.8, 4) is 11.3 Å². The van der Waals surface area contributed by atoms with E-state index in [0.717, 1.165) is 17.1 Å². The second kappa shape index (κ2) is 4.47. The highest BCUT2D eigenvalue weighted by molar-refractivity contribution is 6.30. The molecular weight excluding hydrogens is 212 g/mol. The second-order valence-corrected chi connectivity index (χ2v) is 3.66. The third kappa shape index (κ3) is 2.37. The number of imidazole rings is 1. The van der Waals surface area contributed by atoms with Crippen molar-refractivity contribution in [1.82, 2.24) is 9.97 Å². The van der Waals surface area contributed by atoms with Gasteiger partial charge in [0.25, 0.3) is 0 Å². The topological polar surface area (TPSA) is 48.9 Å². The van der Waals surface area contributed by atoms with Crippen molar-refractivity contribution < 1.29 is 5.11 Å². The molecule has 2 rings (SSSR count). The molecule has 0 unspecified atom stereocenters. The monoisotopic (exact) mass is 222 g/mol. The van der Waals surface area contributed by atoms with Crippen molar-refractivity contribution >= 4 is 11.6 Å². The Kier molecular flexibility index (Phi) is 3.04. The lowest BCUT2D eigenvalue weighted by Crippen LogP contribution is -1.92. The number of hydrogen-bond donors (Lipinski definition) is 2. The highest BCUT2D eigenvalue weighted by atomic mass is 35.5. The average molecular weight is 223 g/mol. The first kappa shape index (κ1) is 10.2. The van der Waals surface area contributed by atoms with Gasteiger partial charge in [-0.3, -0.25) is 0 Å². The number of aromatic nitrogens is 2. The van der Waals surface area contributed by atoms with E-state index in [-0.39, 0.29) is 6.61 Å². The molecule has 1 heterocycles. The molecule has 0 amide bonds. The Bertz CT molecular complexity index is 453. The lowest BCUT2D eigenvalue weighted by molar-refractivity contribution is 0.297. The molecule has 1 aromatic carbocycles. The number of rotatable bonds is 3. The van der Waals surface area contributed by atoms with Crippen LogP contribution in [0.3, 0.4) is 0 Å². The Morgan fingerprint density at radius 1 is 1.40 bits per heavy atom. The van der Waals surface area contributed by atoms with Crippen LogP contribution in [0.1, 0.15) is 5.82 Å². The third-order valence-electron chi connectivity index (χ3n) is 2.11. The molecule has 0 aliphatic heterocycles. The highest BCUT2D eigenvalue weighted by Gasteiger charge is 2.02. The van der Waals surface area contributed by atoms with Crippen molar-refractivity contribution in [2.24, 2.45) is 0 Å². The van der Waals surface area contributed by atoms with Crippen molar-refractivity contribution in [3.05, 3.63) is 41.3 Å². The summed E-state index contributed by atoms with van der Waals surface area (Å²) in [5.41, 5.74) is 1.92. The molecule has 2 aromatic rings. The summed E-state index contributed by atoms with van der Waals surface area (Å²) in [5, 5.41) is 9.46. The van der Waals surface area contributed by atoms with Gasteiger partial charge >= 0.3 is 0 Å². The highest BCUT2D eigenvalue weighted by Crippen LogP contribution is 2.20. The fraction of sp³-hybridized carbons (Fsp3) is 0.182. The summed E-state index contributed by atoms with van der Waals surface area (Å²) < 4.78 is 0. The minimum atomic E-state index is 0.0997. The van der Waals surface area contributed by atoms with Gasteiger partial charge in [0.05, 0.1) is 18.5 Å². The molecule has 0 bridgehead atoms. The molecular formula is C11H11ClN2O. The summed E-state index contributed by atoms with van der Waals surface area (Å²) in [6.45, 7) is 0.0997. The molecule has 15 heavy (non-hydrogen) atoms. The SMILES string of the molecule is OCCc1ncc(-c2cccc(Cl)c2)[nH]1. The molecule has 0 saturated heterocycles. The predicted molar refractivity (Wildman–Crippen MR) is 59.8 cm³/mol. The molecule has 0 spiro atoms. The Morgan fingerprint density at radius 3 is 3.00 bits per heavy atom. The van der Waals surface area contributed by atoms with E-state index >= 15 is 0 Å². The molecule has 0 saturated carbocycles. The number of aliphatic hydroxyl groups is 1. The number of aromatic amines is 1. The first-order valence-corrected chi connectivity index (χ1v) is 5.08. The van der Waals surface area contributed by atoms with Gasteiger partial charge in [0, 0.05) is 17.0 Å². The normalized spacial score (nSPS) is 10.5. The molecule has 3 nitrogen and oxygen atoms in total. The third-order valence-corrected chi connectivity index (χ3v) is 2.35. The minimum absolute atomic E-state index is 0.0997. The number of halogens is 1. The van der Waals surface area contributed by atoms with Crippen LogP contribution in [-0.4, -0.2) is 21.7 Å². The van der Waals surface area contributed by atoms with Crippen molar-refractivity contribution in [3.63, 3.8) is 0 Å². The van der Waals surface area contributed by atoms with Crippen LogP contribution in [-0.2, 0) is 6.42 Å². The maximum absolute atomic E-state index is 8.76. The van der Waals surface area contributed by atoms with E-state index in [1.165, 1.54) is 0 Å². The zero-order chi connectivity index (χ0) is 10.7. The van der Waals surface area contributed by atoms with Crippen LogP contribution in [0.5, 0.6) is 0 Å². The van der Waals surface area contributed by atoms with Crippen LogP contribution >= 0.6 is 11.6 Å².